The monoisotopic (exact) mass is 341 g/mol. The number of ether oxygens (including phenoxy) is 2. The highest BCUT2D eigenvalue weighted by Crippen LogP contribution is 2.35. The molecule has 0 atom stereocenters. The van der Waals surface area contributed by atoms with E-state index >= 15 is 0 Å². The molecule has 5 nitrogen and oxygen atoms in total. The molecule has 1 aromatic heterocycles. The average Bonchev–Trinajstić information content (AvgIpc) is 2.54. The van der Waals surface area contributed by atoms with Gasteiger partial charge in [0.15, 0.2) is 0 Å². The Morgan fingerprint density at radius 2 is 2.12 bits per heavy atom. The second-order valence-corrected chi connectivity index (χ2v) is 6.78. The molecule has 1 aliphatic heterocycles. The summed E-state index contributed by atoms with van der Waals surface area (Å²) < 4.78 is 13.5. The maximum Gasteiger partial charge on any atom is 0.127 e. The van der Waals surface area contributed by atoms with Gasteiger partial charge in [0.25, 0.3) is 0 Å². The molecule has 0 saturated carbocycles. The van der Waals surface area contributed by atoms with Crippen LogP contribution < -0.4 is 10.5 Å². The van der Waals surface area contributed by atoms with Gasteiger partial charge in [0, 0.05) is 18.1 Å². The molecule has 0 saturated heterocycles. The second-order valence-electron chi connectivity index (χ2n) is 6.40. The Labute approximate surface area is 146 Å². The Balaban J connectivity index is 2.30. The van der Waals surface area contributed by atoms with Crippen molar-refractivity contribution in [1.82, 2.24) is 4.57 Å². The van der Waals surface area contributed by atoms with Crippen molar-refractivity contribution in [2.45, 2.75) is 32.5 Å². The molecular weight excluding hydrogens is 322 g/mol. The van der Waals surface area contributed by atoms with Gasteiger partial charge < -0.3 is 15.2 Å². The van der Waals surface area contributed by atoms with Crippen molar-refractivity contribution in [2.24, 2.45) is 0 Å². The van der Waals surface area contributed by atoms with Gasteiger partial charge in [-0.15, -0.1) is 0 Å². The Hall–Kier alpha value is -2.36. The minimum atomic E-state index is -0.338. The summed E-state index contributed by atoms with van der Waals surface area (Å²) in [6.45, 7) is 4.37. The van der Waals surface area contributed by atoms with Crippen molar-refractivity contribution in [3.63, 3.8) is 0 Å². The second kappa shape index (κ2) is 5.93. The van der Waals surface area contributed by atoms with Crippen molar-refractivity contribution in [1.29, 1.82) is 5.26 Å². The van der Waals surface area contributed by atoms with Crippen LogP contribution in [0.4, 0.5) is 5.82 Å². The van der Waals surface area contributed by atoms with Crippen LogP contribution in [0.2, 0.25) is 0 Å². The molecule has 0 bridgehead atoms. The molecule has 0 spiro atoms. The van der Waals surface area contributed by atoms with Gasteiger partial charge in [-0.25, -0.2) is 0 Å². The molecular formula is C18H19N3O2S. The molecule has 0 aliphatic carbocycles. The Morgan fingerprint density at radius 3 is 2.79 bits per heavy atom. The quantitative estimate of drug-likeness (QED) is 0.846. The number of nitrogens with zero attached hydrogens (tertiary/aromatic N) is 2. The van der Waals surface area contributed by atoms with Crippen molar-refractivity contribution < 1.29 is 9.47 Å². The molecule has 6 heteroatoms. The van der Waals surface area contributed by atoms with Crippen molar-refractivity contribution in [2.75, 3.05) is 12.8 Å². The zero-order valence-electron chi connectivity index (χ0n) is 13.9. The van der Waals surface area contributed by atoms with E-state index in [9.17, 15) is 5.26 Å². The summed E-state index contributed by atoms with van der Waals surface area (Å²) in [5.41, 5.74) is 8.98. The molecule has 2 aromatic rings. The smallest absolute Gasteiger partial charge is 0.127 e. The Kier molecular flexibility index (Phi) is 4.08. The van der Waals surface area contributed by atoms with E-state index in [1.54, 1.807) is 11.7 Å². The lowest BCUT2D eigenvalue weighted by molar-refractivity contribution is -0.0405. The molecule has 2 N–H and O–H groups in total. The van der Waals surface area contributed by atoms with Crippen molar-refractivity contribution >= 4 is 18.0 Å². The van der Waals surface area contributed by atoms with Gasteiger partial charge in [0.05, 0.1) is 30.6 Å². The fraction of sp³-hybridized carbons (Fsp3) is 0.333. The van der Waals surface area contributed by atoms with Crippen LogP contribution in [0.5, 0.6) is 5.75 Å². The number of hydrogen-bond acceptors (Lipinski definition) is 5. The topological polar surface area (TPSA) is 73.2 Å². The van der Waals surface area contributed by atoms with E-state index in [2.05, 4.69) is 6.07 Å². The van der Waals surface area contributed by atoms with Gasteiger partial charge in [-0.3, -0.25) is 4.57 Å². The summed E-state index contributed by atoms with van der Waals surface area (Å²) in [5, 5.41) is 9.66. The number of fused-ring (bicyclic) bond motifs is 1. The molecule has 3 rings (SSSR count). The number of nitrogens with two attached hydrogens (primary N) is 1. The zero-order chi connectivity index (χ0) is 17.5. The third-order valence-electron chi connectivity index (χ3n) is 4.26. The number of anilines is 1. The summed E-state index contributed by atoms with van der Waals surface area (Å²) in [4.78, 5) is 0. The maximum absolute atomic E-state index is 9.66. The summed E-state index contributed by atoms with van der Waals surface area (Å²) in [7, 11) is 1.60. The molecule has 124 valence electrons. The number of nitriles is 1. The van der Waals surface area contributed by atoms with Crippen LogP contribution in [0.1, 0.15) is 30.5 Å². The molecule has 0 unspecified atom stereocenters. The normalized spacial score (nSPS) is 15.4. The van der Waals surface area contributed by atoms with Gasteiger partial charge in [-0.2, -0.15) is 5.26 Å². The fourth-order valence-corrected chi connectivity index (χ4v) is 3.40. The van der Waals surface area contributed by atoms with E-state index in [4.69, 9.17) is 27.4 Å². The molecule has 0 amide bonds. The summed E-state index contributed by atoms with van der Waals surface area (Å²) in [5.74, 6) is 1.05. The number of rotatable bonds is 2. The first-order valence-corrected chi connectivity index (χ1v) is 8.03. The van der Waals surface area contributed by atoms with E-state index < -0.39 is 0 Å². The van der Waals surface area contributed by atoms with Crippen LogP contribution in [0.15, 0.2) is 24.3 Å². The third kappa shape index (κ3) is 2.66. The van der Waals surface area contributed by atoms with Gasteiger partial charge in [-0.05, 0) is 31.5 Å². The summed E-state index contributed by atoms with van der Waals surface area (Å²) in [6, 6.07) is 9.68. The first-order chi connectivity index (χ1) is 11.4. The molecule has 24 heavy (non-hydrogen) atoms. The largest absolute Gasteiger partial charge is 0.497 e. The number of aromatic nitrogens is 1. The van der Waals surface area contributed by atoms with E-state index in [0.29, 0.717) is 34.8 Å². The van der Waals surface area contributed by atoms with E-state index in [1.165, 1.54) is 0 Å². The minimum Gasteiger partial charge on any atom is -0.497 e. The number of methoxy groups -OCH3 is 1. The van der Waals surface area contributed by atoms with Crippen LogP contribution in [0.3, 0.4) is 0 Å². The van der Waals surface area contributed by atoms with E-state index in [-0.39, 0.29) is 5.60 Å². The van der Waals surface area contributed by atoms with Gasteiger partial charge in [-0.1, -0.05) is 18.3 Å². The lowest BCUT2D eigenvalue weighted by Crippen LogP contribution is -2.33. The van der Waals surface area contributed by atoms with Gasteiger partial charge in [0.1, 0.15) is 22.3 Å². The van der Waals surface area contributed by atoms with Crippen LogP contribution >= 0.6 is 12.2 Å². The number of nitrogen functional groups attached to an aromatic ring is 1. The highest BCUT2D eigenvalue weighted by atomic mass is 32.1. The van der Waals surface area contributed by atoms with E-state index in [1.807, 2.05) is 38.1 Å². The SMILES string of the molecule is COc1cccc(-n2c(N)c(C#N)c3c(c2=S)COC(C)(C)C3)c1. The maximum atomic E-state index is 9.66. The molecule has 0 fully saturated rings. The van der Waals surface area contributed by atoms with Gasteiger partial charge in [0.2, 0.25) is 0 Å². The lowest BCUT2D eigenvalue weighted by atomic mass is 9.89. The predicted molar refractivity (Wildman–Crippen MR) is 94.9 cm³/mol. The van der Waals surface area contributed by atoms with Crippen LogP contribution in [-0.4, -0.2) is 17.3 Å². The number of hydrogen-bond donors (Lipinski definition) is 1. The number of pyridine rings is 1. The molecule has 1 aromatic carbocycles. The standard InChI is InChI=1S/C18H19N3O2S/c1-18(2)8-13-14(9-19)16(20)21(17(24)15(13)10-23-18)11-5-4-6-12(7-11)22-3/h4-7H,8,10,20H2,1-3H3. The van der Waals surface area contributed by atoms with Crippen LogP contribution in [-0.2, 0) is 17.8 Å². The van der Waals surface area contributed by atoms with E-state index in [0.717, 1.165) is 16.8 Å². The Morgan fingerprint density at radius 1 is 1.38 bits per heavy atom. The third-order valence-corrected chi connectivity index (χ3v) is 4.69. The molecule has 2 heterocycles. The van der Waals surface area contributed by atoms with Crippen molar-refractivity contribution in [3.8, 4) is 17.5 Å². The first-order valence-electron chi connectivity index (χ1n) is 7.62. The average molecular weight is 341 g/mol. The molecule has 0 radical (unpaired) electrons. The highest BCUT2D eigenvalue weighted by molar-refractivity contribution is 7.71. The fourth-order valence-electron chi connectivity index (χ4n) is 3.01. The Bertz CT molecular complexity index is 910. The minimum absolute atomic E-state index is 0.338. The van der Waals surface area contributed by atoms with Crippen LogP contribution in [0.25, 0.3) is 5.69 Å². The lowest BCUT2D eigenvalue weighted by Gasteiger charge is -2.33. The van der Waals surface area contributed by atoms with Crippen molar-refractivity contribution in [3.05, 3.63) is 45.6 Å². The predicted octanol–water partition coefficient (Wildman–Crippen LogP) is 3.52. The first kappa shape index (κ1) is 16.5. The summed E-state index contributed by atoms with van der Waals surface area (Å²) >= 11 is 5.66. The van der Waals surface area contributed by atoms with Crippen LogP contribution in [0, 0.1) is 16.0 Å². The number of benzene rings is 1. The summed E-state index contributed by atoms with van der Waals surface area (Å²) in [6.07, 6.45) is 0.609. The highest BCUT2D eigenvalue weighted by Gasteiger charge is 2.31. The van der Waals surface area contributed by atoms with Gasteiger partial charge >= 0.3 is 0 Å². The molecule has 1 aliphatic rings. The zero-order valence-corrected chi connectivity index (χ0v) is 14.7.